The average molecular weight is 539 g/mol. The Balaban J connectivity index is 1.30. The van der Waals surface area contributed by atoms with E-state index >= 15 is 0 Å². The van der Waals surface area contributed by atoms with E-state index in [0.29, 0.717) is 5.75 Å². The van der Waals surface area contributed by atoms with E-state index in [1.165, 1.54) is 11.8 Å². The van der Waals surface area contributed by atoms with Crippen LogP contribution < -0.4 is 0 Å². The minimum atomic E-state index is -1.19. The maximum Gasteiger partial charge on any atom is 0.321 e. The Hall–Kier alpha value is -4.03. The van der Waals surface area contributed by atoms with Crippen LogP contribution in [0.1, 0.15) is 26.3 Å². The predicted molar refractivity (Wildman–Crippen MR) is 158 cm³/mol. The van der Waals surface area contributed by atoms with Crippen molar-refractivity contribution in [2.75, 3.05) is 5.75 Å². The molecule has 1 heterocycles. The fourth-order valence-electron chi connectivity index (χ4n) is 4.57. The summed E-state index contributed by atoms with van der Waals surface area (Å²) in [5, 5.41) is 11.7. The van der Waals surface area contributed by atoms with E-state index in [1.807, 2.05) is 30.3 Å². The van der Waals surface area contributed by atoms with E-state index in [9.17, 15) is 14.7 Å². The quantitative estimate of drug-likeness (QED) is 0.158. The number of ether oxygens (including phenoxy) is 1. The van der Waals surface area contributed by atoms with Crippen molar-refractivity contribution < 1.29 is 23.8 Å². The molecule has 0 spiro atoms. The second kappa shape index (κ2) is 11.0. The normalized spacial score (nSPS) is 12.5. The second-order valence-electron chi connectivity index (χ2n) is 10.5. The molecule has 0 saturated carbocycles. The van der Waals surface area contributed by atoms with Gasteiger partial charge in [0, 0.05) is 27.8 Å². The van der Waals surface area contributed by atoms with Crippen LogP contribution in [0.5, 0.6) is 0 Å². The number of carboxylic acids is 1. The number of furan rings is 1. The zero-order chi connectivity index (χ0) is 27.6. The van der Waals surface area contributed by atoms with Gasteiger partial charge in [0.1, 0.15) is 16.8 Å². The Morgan fingerprint density at radius 3 is 2.28 bits per heavy atom. The molecule has 0 bridgehead atoms. The van der Waals surface area contributed by atoms with Gasteiger partial charge in [-0.1, -0.05) is 84.9 Å². The Labute approximate surface area is 231 Å². The molecule has 0 saturated heterocycles. The van der Waals surface area contributed by atoms with Crippen molar-refractivity contribution in [3.05, 3.63) is 96.6 Å². The van der Waals surface area contributed by atoms with Crippen molar-refractivity contribution in [1.82, 2.24) is 0 Å². The molecule has 0 radical (unpaired) electrons. The van der Waals surface area contributed by atoms with Crippen molar-refractivity contribution in [1.29, 1.82) is 0 Å². The summed E-state index contributed by atoms with van der Waals surface area (Å²) in [6.45, 7) is 5.19. The van der Waals surface area contributed by atoms with Crippen molar-refractivity contribution >= 4 is 45.6 Å². The van der Waals surface area contributed by atoms with E-state index in [1.54, 1.807) is 20.8 Å². The van der Waals surface area contributed by atoms with Crippen molar-refractivity contribution in [3.63, 3.8) is 0 Å². The molecule has 0 aliphatic carbocycles. The first-order chi connectivity index (χ1) is 18.7. The zero-order valence-corrected chi connectivity index (χ0v) is 23.0. The van der Waals surface area contributed by atoms with Crippen LogP contribution in [0, 0.1) is 5.92 Å². The summed E-state index contributed by atoms with van der Waals surface area (Å²) in [5.41, 5.74) is 6.39. The highest BCUT2D eigenvalue weighted by Gasteiger charge is 2.31. The first-order valence-electron chi connectivity index (χ1n) is 12.8. The standard InChI is InChI=1S/C33H30O5S/c1-33(2,3)38-32(36)28(31(34)35)20-39-19-21-8-6-9-24(18-21)22-14-16-23(17-15-22)25-11-7-12-27-26-10-4-5-13-29(26)37-30(25)27/h4-18,28H,19-20H2,1-3H3,(H,34,35)/t28-/m1/s1. The molecule has 4 aromatic carbocycles. The summed E-state index contributed by atoms with van der Waals surface area (Å²) < 4.78 is 11.5. The lowest BCUT2D eigenvalue weighted by atomic mass is 9.98. The van der Waals surface area contributed by atoms with Gasteiger partial charge in [-0.3, -0.25) is 9.59 Å². The van der Waals surface area contributed by atoms with Gasteiger partial charge in [0.05, 0.1) is 0 Å². The number of carbonyl (C=O) groups excluding carboxylic acids is 1. The summed E-state index contributed by atoms with van der Waals surface area (Å²) in [4.78, 5) is 23.9. The van der Waals surface area contributed by atoms with Crippen LogP contribution in [0.2, 0.25) is 0 Å². The van der Waals surface area contributed by atoms with Gasteiger partial charge >= 0.3 is 11.9 Å². The lowest BCUT2D eigenvalue weighted by Crippen LogP contribution is -2.34. The van der Waals surface area contributed by atoms with Crippen molar-refractivity contribution in [2.45, 2.75) is 32.1 Å². The van der Waals surface area contributed by atoms with Gasteiger partial charge in [-0.15, -0.1) is 0 Å². The molecule has 0 aliphatic rings. The Morgan fingerprint density at radius 1 is 0.846 bits per heavy atom. The maximum absolute atomic E-state index is 12.3. The van der Waals surface area contributed by atoms with E-state index in [-0.39, 0.29) is 5.75 Å². The number of carboxylic acid groups (broad SMARTS) is 1. The Morgan fingerprint density at radius 2 is 1.54 bits per heavy atom. The lowest BCUT2D eigenvalue weighted by molar-refractivity contribution is -0.165. The highest BCUT2D eigenvalue weighted by Crippen LogP contribution is 2.36. The molecule has 0 aliphatic heterocycles. The number of hydrogen-bond donors (Lipinski definition) is 1. The molecule has 0 amide bonds. The second-order valence-corrected chi connectivity index (χ2v) is 11.5. The Bertz CT molecular complexity index is 1640. The summed E-state index contributed by atoms with van der Waals surface area (Å²) >= 11 is 1.41. The van der Waals surface area contributed by atoms with Crippen LogP contribution in [0.3, 0.4) is 0 Å². The minimum Gasteiger partial charge on any atom is -0.481 e. The first-order valence-corrected chi connectivity index (χ1v) is 14.0. The summed E-state index contributed by atoms with van der Waals surface area (Å²) in [5.74, 6) is -2.32. The average Bonchev–Trinajstić information content (AvgIpc) is 3.29. The van der Waals surface area contributed by atoms with Crippen molar-refractivity contribution in [2.24, 2.45) is 5.92 Å². The largest absolute Gasteiger partial charge is 0.481 e. The summed E-state index contributed by atoms with van der Waals surface area (Å²) in [6, 6.07) is 30.9. The number of hydrogen-bond acceptors (Lipinski definition) is 5. The molecule has 198 valence electrons. The van der Waals surface area contributed by atoms with Crippen LogP contribution in [0.15, 0.2) is 95.4 Å². The molecule has 1 N–H and O–H groups in total. The van der Waals surface area contributed by atoms with Gasteiger partial charge in [0.15, 0.2) is 5.92 Å². The van der Waals surface area contributed by atoms with Gasteiger partial charge in [-0.25, -0.2) is 0 Å². The molecule has 39 heavy (non-hydrogen) atoms. The third-order valence-corrected chi connectivity index (χ3v) is 7.51. The fraction of sp³-hybridized carbons (Fsp3) is 0.212. The lowest BCUT2D eigenvalue weighted by Gasteiger charge is -2.22. The van der Waals surface area contributed by atoms with Gasteiger partial charge in [-0.2, -0.15) is 11.8 Å². The maximum atomic E-state index is 12.3. The smallest absolute Gasteiger partial charge is 0.321 e. The van der Waals surface area contributed by atoms with Crippen LogP contribution in [0.4, 0.5) is 0 Å². The topological polar surface area (TPSA) is 76.7 Å². The van der Waals surface area contributed by atoms with Gasteiger partial charge in [0.25, 0.3) is 0 Å². The number of fused-ring (bicyclic) bond motifs is 3. The highest BCUT2D eigenvalue weighted by molar-refractivity contribution is 7.98. The van der Waals surface area contributed by atoms with E-state index < -0.39 is 23.5 Å². The highest BCUT2D eigenvalue weighted by atomic mass is 32.2. The number of carbonyl (C=O) groups is 2. The minimum absolute atomic E-state index is 0.149. The molecule has 1 atom stereocenters. The molecule has 6 heteroatoms. The van der Waals surface area contributed by atoms with E-state index in [0.717, 1.165) is 49.8 Å². The first kappa shape index (κ1) is 26.6. The number of para-hydroxylation sites is 2. The molecule has 1 aromatic heterocycles. The molecule has 5 nitrogen and oxygen atoms in total. The fourth-order valence-corrected chi connectivity index (χ4v) is 5.61. The van der Waals surface area contributed by atoms with Crippen LogP contribution in [-0.2, 0) is 20.1 Å². The molecule has 0 fully saturated rings. The number of rotatable bonds is 8. The number of thioether (sulfide) groups is 1. The predicted octanol–water partition coefficient (Wildman–Crippen LogP) is 8.20. The van der Waals surface area contributed by atoms with Crippen LogP contribution in [-0.4, -0.2) is 28.4 Å². The third-order valence-electron chi connectivity index (χ3n) is 6.40. The third kappa shape index (κ3) is 6.02. The zero-order valence-electron chi connectivity index (χ0n) is 22.1. The van der Waals surface area contributed by atoms with E-state index in [4.69, 9.17) is 9.15 Å². The van der Waals surface area contributed by atoms with Gasteiger partial charge in [-0.05, 0) is 49.1 Å². The van der Waals surface area contributed by atoms with Crippen LogP contribution >= 0.6 is 11.8 Å². The molecule has 5 rings (SSSR count). The van der Waals surface area contributed by atoms with Gasteiger partial charge < -0.3 is 14.3 Å². The molecular weight excluding hydrogens is 508 g/mol. The van der Waals surface area contributed by atoms with Gasteiger partial charge in [0.2, 0.25) is 0 Å². The Kier molecular flexibility index (Phi) is 7.49. The SMILES string of the molecule is CC(C)(C)OC(=O)[C@H](CSCc1cccc(-c2ccc(-c3cccc4c3oc3ccccc34)cc2)c1)C(=O)O. The van der Waals surface area contributed by atoms with Crippen molar-refractivity contribution in [3.8, 4) is 22.3 Å². The molecular formula is C33H30O5S. The number of esters is 1. The summed E-state index contributed by atoms with van der Waals surface area (Å²) in [7, 11) is 0. The monoisotopic (exact) mass is 538 g/mol. The van der Waals surface area contributed by atoms with E-state index in [2.05, 4.69) is 60.7 Å². The summed E-state index contributed by atoms with van der Waals surface area (Å²) in [6.07, 6.45) is 0. The molecule has 0 unspecified atom stereocenters. The number of aliphatic carboxylic acids is 1. The van der Waals surface area contributed by atoms with Crippen LogP contribution in [0.25, 0.3) is 44.2 Å². The number of benzene rings is 4. The molecule has 5 aromatic rings.